The maximum absolute atomic E-state index is 13.8. The molecule has 1 aliphatic rings. The SMILES string of the molecule is O=C(Nc1ccc(F)cc1)c1cc(-c2cccn3c(C4=CC=CNC4)c(CO)nc23)ccc1C(F)(F)F. The van der Waals surface area contributed by atoms with Gasteiger partial charge >= 0.3 is 6.18 Å². The Morgan fingerprint density at radius 3 is 2.59 bits per heavy atom. The van der Waals surface area contributed by atoms with Crippen LogP contribution in [0.3, 0.4) is 0 Å². The average Bonchev–Trinajstić information content (AvgIpc) is 3.28. The van der Waals surface area contributed by atoms with Gasteiger partial charge in [0.05, 0.1) is 29.1 Å². The van der Waals surface area contributed by atoms with E-state index in [9.17, 15) is 27.5 Å². The Morgan fingerprint density at radius 1 is 1.14 bits per heavy atom. The van der Waals surface area contributed by atoms with E-state index in [0.29, 0.717) is 34.7 Å². The molecule has 0 atom stereocenters. The van der Waals surface area contributed by atoms with Crippen LogP contribution in [0.15, 0.2) is 79.1 Å². The van der Waals surface area contributed by atoms with Gasteiger partial charge in [0.2, 0.25) is 0 Å². The van der Waals surface area contributed by atoms with Gasteiger partial charge in [-0.25, -0.2) is 9.37 Å². The number of amides is 1. The summed E-state index contributed by atoms with van der Waals surface area (Å²) in [6, 6.07) is 11.4. The Bertz CT molecular complexity index is 1550. The van der Waals surface area contributed by atoms with Crippen molar-refractivity contribution in [1.82, 2.24) is 14.7 Å². The van der Waals surface area contributed by atoms with Crippen molar-refractivity contribution in [1.29, 1.82) is 0 Å². The van der Waals surface area contributed by atoms with Crippen LogP contribution in [-0.4, -0.2) is 26.9 Å². The van der Waals surface area contributed by atoms with Gasteiger partial charge in [0, 0.05) is 24.0 Å². The van der Waals surface area contributed by atoms with E-state index >= 15 is 0 Å². The third-order valence-electron chi connectivity index (χ3n) is 5.96. The quantitative estimate of drug-likeness (QED) is 0.316. The molecular weight excluding hydrogens is 488 g/mol. The zero-order valence-electron chi connectivity index (χ0n) is 19.2. The van der Waals surface area contributed by atoms with Crippen LogP contribution in [-0.2, 0) is 12.8 Å². The summed E-state index contributed by atoms with van der Waals surface area (Å²) in [7, 11) is 0. The number of hydrogen-bond acceptors (Lipinski definition) is 4. The summed E-state index contributed by atoms with van der Waals surface area (Å²) in [4.78, 5) is 17.5. The largest absolute Gasteiger partial charge is 0.417 e. The van der Waals surface area contributed by atoms with Gasteiger partial charge in [0.15, 0.2) is 0 Å². The van der Waals surface area contributed by atoms with Crippen LogP contribution in [0.2, 0.25) is 0 Å². The summed E-state index contributed by atoms with van der Waals surface area (Å²) in [6.07, 6.45) is 2.48. The number of nitrogens with one attached hydrogen (secondary N) is 2. The lowest BCUT2D eigenvalue weighted by Crippen LogP contribution is -2.19. The molecule has 0 saturated heterocycles. The number of hydrogen-bond donors (Lipinski definition) is 3. The van der Waals surface area contributed by atoms with Gasteiger partial charge in [0.1, 0.15) is 11.5 Å². The number of rotatable bonds is 5. The molecule has 0 radical (unpaired) electrons. The number of aliphatic hydroxyl groups is 1. The number of dihydropyridines is 1. The van der Waals surface area contributed by atoms with E-state index in [1.54, 1.807) is 28.9 Å². The number of benzene rings is 2. The number of carbonyl (C=O) groups excluding carboxylic acids is 1. The highest BCUT2D eigenvalue weighted by Gasteiger charge is 2.35. The summed E-state index contributed by atoms with van der Waals surface area (Å²) in [5.74, 6) is -1.53. The van der Waals surface area contributed by atoms with Gasteiger partial charge < -0.3 is 15.7 Å². The van der Waals surface area contributed by atoms with E-state index in [1.807, 2.05) is 12.2 Å². The van der Waals surface area contributed by atoms with E-state index in [1.165, 1.54) is 18.2 Å². The first-order valence-corrected chi connectivity index (χ1v) is 11.2. The highest BCUT2D eigenvalue weighted by molar-refractivity contribution is 6.06. The predicted octanol–water partition coefficient (Wildman–Crippen LogP) is 5.40. The zero-order chi connectivity index (χ0) is 26.2. The molecule has 1 amide bonds. The summed E-state index contributed by atoms with van der Waals surface area (Å²) in [5.41, 5.74) is 1.66. The number of aromatic nitrogens is 2. The Hall–Kier alpha value is -4.44. The van der Waals surface area contributed by atoms with Gasteiger partial charge in [0.25, 0.3) is 5.91 Å². The number of allylic oxidation sites excluding steroid dienone is 2. The van der Waals surface area contributed by atoms with Crippen LogP contribution in [0.5, 0.6) is 0 Å². The summed E-state index contributed by atoms with van der Waals surface area (Å²) in [5, 5.41) is 15.5. The summed E-state index contributed by atoms with van der Waals surface area (Å²) in [6.45, 7) is 0.172. The molecule has 0 bridgehead atoms. The number of anilines is 1. The molecule has 0 spiro atoms. The molecule has 5 rings (SSSR count). The molecule has 2 aromatic heterocycles. The predicted molar refractivity (Wildman–Crippen MR) is 131 cm³/mol. The Labute approximate surface area is 208 Å². The monoisotopic (exact) mass is 508 g/mol. The minimum absolute atomic E-state index is 0.154. The van der Waals surface area contributed by atoms with Crippen molar-refractivity contribution in [2.45, 2.75) is 12.8 Å². The van der Waals surface area contributed by atoms with E-state index < -0.39 is 29.0 Å². The topological polar surface area (TPSA) is 78.7 Å². The Morgan fingerprint density at radius 2 is 1.92 bits per heavy atom. The minimum atomic E-state index is -4.78. The van der Waals surface area contributed by atoms with Crippen LogP contribution in [0, 0.1) is 5.82 Å². The first-order valence-electron chi connectivity index (χ1n) is 11.2. The van der Waals surface area contributed by atoms with E-state index in [-0.39, 0.29) is 12.3 Å². The molecule has 0 saturated carbocycles. The molecule has 4 aromatic rings. The number of pyridine rings is 1. The fourth-order valence-electron chi connectivity index (χ4n) is 4.29. The molecule has 188 valence electrons. The molecule has 3 heterocycles. The van der Waals surface area contributed by atoms with Crippen molar-refractivity contribution in [3.63, 3.8) is 0 Å². The number of carbonyl (C=O) groups is 1. The normalized spacial score (nSPS) is 13.4. The molecule has 0 unspecified atom stereocenters. The van der Waals surface area contributed by atoms with Crippen molar-refractivity contribution in [3.05, 3.63) is 107 Å². The molecule has 37 heavy (non-hydrogen) atoms. The highest BCUT2D eigenvalue weighted by Crippen LogP contribution is 2.36. The second-order valence-corrected chi connectivity index (χ2v) is 8.33. The van der Waals surface area contributed by atoms with Crippen molar-refractivity contribution >= 4 is 22.8 Å². The van der Waals surface area contributed by atoms with Crippen molar-refractivity contribution in [2.24, 2.45) is 0 Å². The second kappa shape index (κ2) is 9.55. The first-order chi connectivity index (χ1) is 17.8. The fourth-order valence-corrected chi connectivity index (χ4v) is 4.29. The van der Waals surface area contributed by atoms with Gasteiger partial charge in [-0.3, -0.25) is 9.20 Å². The number of nitrogens with zero attached hydrogens (tertiary/aromatic N) is 2. The van der Waals surface area contributed by atoms with Gasteiger partial charge in [-0.2, -0.15) is 13.2 Å². The molecule has 10 heteroatoms. The van der Waals surface area contributed by atoms with E-state index in [0.717, 1.165) is 29.8 Å². The van der Waals surface area contributed by atoms with Crippen LogP contribution in [0.4, 0.5) is 23.2 Å². The molecule has 6 nitrogen and oxygen atoms in total. The van der Waals surface area contributed by atoms with Crippen LogP contribution < -0.4 is 10.6 Å². The molecular formula is C27H20F4N4O2. The lowest BCUT2D eigenvalue weighted by molar-refractivity contribution is -0.137. The van der Waals surface area contributed by atoms with Crippen molar-refractivity contribution in [2.75, 3.05) is 11.9 Å². The van der Waals surface area contributed by atoms with E-state index in [2.05, 4.69) is 15.6 Å². The lowest BCUT2D eigenvalue weighted by Gasteiger charge is -2.15. The molecule has 2 aromatic carbocycles. The minimum Gasteiger partial charge on any atom is -0.390 e. The smallest absolute Gasteiger partial charge is 0.390 e. The fraction of sp³-hybridized carbons (Fsp3) is 0.111. The van der Waals surface area contributed by atoms with Gasteiger partial charge in [-0.05, 0) is 71.9 Å². The third kappa shape index (κ3) is 4.70. The van der Waals surface area contributed by atoms with E-state index in [4.69, 9.17) is 0 Å². The molecule has 0 fully saturated rings. The van der Waals surface area contributed by atoms with Crippen LogP contribution in [0.1, 0.15) is 27.3 Å². The average molecular weight is 508 g/mol. The second-order valence-electron chi connectivity index (χ2n) is 8.33. The lowest BCUT2D eigenvalue weighted by atomic mass is 9.98. The Kier molecular flexibility index (Phi) is 6.26. The highest BCUT2D eigenvalue weighted by atomic mass is 19.4. The maximum atomic E-state index is 13.8. The standard InChI is InChI=1S/C27H20F4N4O2/c28-18-6-8-19(9-7-18)33-26(37)21-13-16(5-10-22(21)27(29,30)31)20-4-2-12-35-24(17-3-1-11-32-14-17)23(15-36)34-25(20)35/h1-13,32,36H,14-15H2,(H,33,37). The Balaban J connectivity index is 1.63. The zero-order valence-corrected chi connectivity index (χ0v) is 19.2. The van der Waals surface area contributed by atoms with Crippen LogP contribution in [0.25, 0.3) is 22.3 Å². The molecule has 1 aliphatic heterocycles. The number of fused-ring (bicyclic) bond motifs is 1. The number of alkyl halides is 3. The van der Waals surface area contributed by atoms with Crippen molar-refractivity contribution < 1.29 is 27.5 Å². The van der Waals surface area contributed by atoms with Crippen molar-refractivity contribution in [3.8, 4) is 11.1 Å². The van der Waals surface area contributed by atoms with Crippen LogP contribution >= 0.6 is 0 Å². The third-order valence-corrected chi connectivity index (χ3v) is 5.96. The molecule has 3 N–H and O–H groups in total. The number of imidazole rings is 1. The van der Waals surface area contributed by atoms with Gasteiger partial charge in [-0.1, -0.05) is 12.1 Å². The summed E-state index contributed by atoms with van der Waals surface area (Å²) >= 11 is 0. The number of aliphatic hydroxyl groups excluding tert-OH is 1. The molecule has 0 aliphatic carbocycles. The maximum Gasteiger partial charge on any atom is 0.417 e. The van der Waals surface area contributed by atoms with Gasteiger partial charge in [-0.15, -0.1) is 0 Å². The summed E-state index contributed by atoms with van der Waals surface area (Å²) < 4.78 is 56.4. The number of halogens is 4. The first kappa shape index (κ1) is 24.3.